The first-order chi connectivity index (χ1) is 10.1. The number of piperidine rings is 1. The first-order valence-corrected chi connectivity index (χ1v) is 7.37. The van der Waals surface area contributed by atoms with Gasteiger partial charge >= 0.3 is 0 Å². The van der Waals surface area contributed by atoms with Crippen LogP contribution in [0.1, 0.15) is 37.0 Å². The van der Waals surface area contributed by atoms with Crippen molar-refractivity contribution in [1.29, 1.82) is 0 Å². The molecule has 1 aromatic rings. The minimum atomic E-state index is -0.438. The van der Waals surface area contributed by atoms with E-state index in [0.29, 0.717) is 36.8 Å². The van der Waals surface area contributed by atoms with Crippen LogP contribution in [0.4, 0.5) is 0 Å². The van der Waals surface area contributed by atoms with Crippen LogP contribution in [-0.4, -0.2) is 31.0 Å². The van der Waals surface area contributed by atoms with E-state index < -0.39 is 6.04 Å². The van der Waals surface area contributed by atoms with Crippen molar-refractivity contribution in [1.82, 2.24) is 10.6 Å². The lowest BCUT2D eigenvalue weighted by atomic mass is 10.1. The molecule has 0 saturated carbocycles. The van der Waals surface area contributed by atoms with Crippen molar-refractivity contribution in [2.24, 2.45) is 5.92 Å². The molecule has 2 amide bonds. The molecule has 5 nitrogen and oxygen atoms in total. The van der Waals surface area contributed by atoms with Crippen LogP contribution in [0.15, 0.2) is 24.3 Å². The second-order valence-electron chi connectivity index (χ2n) is 5.69. The number of amides is 2. The van der Waals surface area contributed by atoms with E-state index in [1.807, 2.05) is 6.07 Å². The Morgan fingerprint density at radius 2 is 2.29 bits per heavy atom. The van der Waals surface area contributed by atoms with Gasteiger partial charge in [0.25, 0.3) is 5.91 Å². The highest BCUT2D eigenvalue weighted by Crippen LogP contribution is 2.15. The van der Waals surface area contributed by atoms with Crippen LogP contribution in [0.5, 0.6) is 5.75 Å². The van der Waals surface area contributed by atoms with Gasteiger partial charge in [-0.2, -0.15) is 0 Å². The number of nitrogens with one attached hydrogen (secondary N) is 2. The van der Waals surface area contributed by atoms with Crippen molar-refractivity contribution in [2.45, 2.75) is 32.7 Å². The maximum atomic E-state index is 12.2. The monoisotopic (exact) mass is 290 g/mol. The van der Waals surface area contributed by atoms with E-state index in [4.69, 9.17) is 4.74 Å². The van der Waals surface area contributed by atoms with Gasteiger partial charge < -0.3 is 15.4 Å². The quantitative estimate of drug-likeness (QED) is 0.868. The zero-order valence-corrected chi connectivity index (χ0v) is 12.5. The first kappa shape index (κ1) is 15.4. The summed E-state index contributed by atoms with van der Waals surface area (Å²) in [6, 6.07) is 6.60. The molecule has 1 heterocycles. The van der Waals surface area contributed by atoms with Crippen LogP contribution in [0.25, 0.3) is 0 Å². The van der Waals surface area contributed by atoms with Crippen LogP contribution in [0, 0.1) is 5.92 Å². The van der Waals surface area contributed by atoms with Gasteiger partial charge in [0.05, 0.1) is 6.61 Å². The standard InChI is InChI=1S/C16H22N2O3/c1-11(2)10-21-13-6-3-5-12(9-13)15(19)18-14-7-4-8-17-16(14)20/h3,5-6,9,11,14H,4,7-8,10H2,1-2H3,(H,17,20)(H,18,19). The highest BCUT2D eigenvalue weighted by Gasteiger charge is 2.24. The van der Waals surface area contributed by atoms with E-state index in [-0.39, 0.29) is 11.8 Å². The fourth-order valence-electron chi connectivity index (χ4n) is 2.14. The molecule has 1 atom stereocenters. The molecule has 0 radical (unpaired) electrons. The predicted molar refractivity (Wildman–Crippen MR) is 80.3 cm³/mol. The number of hydrogen-bond donors (Lipinski definition) is 2. The third kappa shape index (κ3) is 4.48. The average molecular weight is 290 g/mol. The molecule has 114 valence electrons. The largest absolute Gasteiger partial charge is 0.493 e. The molecule has 0 spiro atoms. The van der Waals surface area contributed by atoms with E-state index in [2.05, 4.69) is 24.5 Å². The average Bonchev–Trinajstić information content (AvgIpc) is 2.48. The number of rotatable bonds is 5. The molecule has 1 aliphatic heterocycles. The second-order valence-corrected chi connectivity index (χ2v) is 5.69. The van der Waals surface area contributed by atoms with Gasteiger partial charge in [-0.1, -0.05) is 19.9 Å². The minimum Gasteiger partial charge on any atom is -0.493 e. The fourth-order valence-corrected chi connectivity index (χ4v) is 2.14. The SMILES string of the molecule is CC(C)COc1cccc(C(=O)NC2CCCNC2=O)c1. The third-order valence-electron chi connectivity index (χ3n) is 3.27. The highest BCUT2D eigenvalue weighted by atomic mass is 16.5. The summed E-state index contributed by atoms with van der Waals surface area (Å²) in [5, 5.41) is 5.53. The molecule has 0 bridgehead atoms. The first-order valence-electron chi connectivity index (χ1n) is 7.37. The molecular formula is C16H22N2O3. The normalized spacial score (nSPS) is 18.2. The second kappa shape index (κ2) is 7.11. The van der Waals surface area contributed by atoms with Gasteiger partial charge in [-0.3, -0.25) is 9.59 Å². The highest BCUT2D eigenvalue weighted by molar-refractivity contribution is 5.97. The molecular weight excluding hydrogens is 268 g/mol. The van der Waals surface area contributed by atoms with Crippen molar-refractivity contribution in [3.63, 3.8) is 0 Å². The smallest absolute Gasteiger partial charge is 0.252 e. The molecule has 1 aliphatic rings. The molecule has 5 heteroatoms. The van der Waals surface area contributed by atoms with Crippen LogP contribution in [0.3, 0.4) is 0 Å². The Morgan fingerprint density at radius 1 is 1.48 bits per heavy atom. The topological polar surface area (TPSA) is 67.4 Å². The van der Waals surface area contributed by atoms with E-state index in [0.717, 1.165) is 6.42 Å². The lowest BCUT2D eigenvalue weighted by molar-refractivity contribution is -0.124. The van der Waals surface area contributed by atoms with E-state index >= 15 is 0 Å². The number of ether oxygens (including phenoxy) is 1. The van der Waals surface area contributed by atoms with Crippen molar-refractivity contribution in [3.8, 4) is 5.75 Å². The van der Waals surface area contributed by atoms with Crippen molar-refractivity contribution in [3.05, 3.63) is 29.8 Å². The molecule has 1 aromatic carbocycles. The number of benzene rings is 1. The number of carbonyl (C=O) groups is 2. The molecule has 1 saturated heterocycles. The van der Waals surface area contributed by atoms with Crippen LogP contribution >= 0.6 is 0 Å². The van der Waals surface area contributed by atoms with Gasteiger partial charge in [0.1, 0.15) is 11.8 Å². The maximum Gasteiger partial charge on any atom is 0.252 e. The summed E-state index contributed by atoms with van der Waals surface area (Å²) in [6.07, 6.45) is 1.56. The minimum absolute atomic E-state index is 0.109. The summed E-state index contributed by atoms with van der Waals surface area (Å²) >= 11 is 0. The third-order valence-corrected chi connectivity index (χ3v) is 3.27. The van der Waals surface area contributed by atoms with E-state index in [9.17, 15) is 9.59 Å². The van der Waals surface area contributed by atoms with Gasteiger partial charge in [0.2, 0.25) is 5.91 Å². The van der Waals surface area contributed by atoms with Crippen LogP contribution in [-0.2, 0) is 4.79 Å². The Bertz CT molecular complexity index is 514. The fraction of sp³-hybridized carbons (Fsp3) is 0.500. The summed E-state index contributed by atoms with van der Waals surface area (Å²) in [4.78, 5) is 23.9. The lowest BCUT2D eigenvalue weighted by Crippen LogP contribution is -2.50. The van der Waals surface area contributed by atoms with Gasteiger partial charge in [0.15, 0.2) is 0 Å². The van der Waals surface area contributed by atoms with Gasteiger partial charge in [-0.05, 0) is 37.0 Å². The van der Waals surface area contributed by atoms with E-state index in [1.165, 1.54) is 0 Å². The molecule has 0 aliphatic carbocycles. The van der Waals surface area contributed by atoms with Gasteiger partial charge in [-0.15, -0.1) is 0 Å². The zero-order chi connectivity index (χ0) is 15.2. The summed E-state index contributed by atoms with van der Waals surface area (Å²) in [5.41, 5.74) is 0.509. The zero-order valence-electron chi connectivity index (χ0n) is 12.5. The Morgan fingerprint density at radius 3 is 3.00 bits per heavy atom. The Labute approximate surface area is 125 Å². The number of hydrogen-bond acceptors (Lipinski definition) is 3. The van der Waals surface area contributed by atoms with Crippen molar-refractivity contribution >= 4 is 11.8 Å². The molecule has 21 heavy (non-hydrogen) atoms. The van der Waals surface area contributed by atoms with Gasteiger partial charge in [-0.25, -0.2) is 0 Å². The summed E-state index contributed by atoms with van der Waals surface area (Å²) < 4.78 is 5.61. The molecule has 1 fully saturated rings. The summed E-state index contributed by atoms with van der Waals surface area (Å²) in [7, 11) is 0. The van der Waals surface area contributed by atoms with Gasteiger partial charge in [0, 0.05) is 12.1 Å². The molecule has 2 N–H and O–H groups in total. The molecule has 1 unspecified atom stereocenters. The number of carbonyl (C=O) groups excluding carboxylic acids is 2. The molecule has 0 aromatic heterocycles. The Kier molecular flexibility index (Phi) is 5.20. The summed E-state index contributed by atoms with van der Waals surface area (Å²) in [6.45, 7) is 5.43. The molecule has 2 rings (SSSR count). The van der Waals surface area contributed by atoms with Crippen LogP contribution in [0.2, 0.25) is 0 Å². The Hall–Kier alpha value is -2.04. The van der Waals surface area contributed by atoms with Crippen LogP contribution < -0.4 is 15.4 Å². The Balaban J connectivity index is 1.98. The van der Waals surface area contributed by atoms with E-state index in [1.54, 1.807) is 18.2 Å². The summed E-state index contributed by atoms with van der Waals surface area (Å²) in [5.74, 6) is 0.742. The van der Waals surface area contributed by atoms with Crippen molar-refractivity contribution in [2.75, 3.05) is 13.2 Å². The predicted octanol–water partition coefficient (Wildman–Crippen LogP) is 1.73. The maximum absolute atomic E-state index is 12.2. The van der Waals surface area contributed by atoms with Crippen molar-refractivity contribution < 1.29 is 14.3 Å². The lowest BCUT2D eigenvalue weighted by Gasteiger charge is -2.22.